The van der Waals surface area contributed by atoms with Gasteiger partial charge in [-0.2, -0.15) is 0 Å². The van der Waals surface area contributed by atoms with Crippen molar-refractivity contribution < 1.29 is 49.0 Å². The van der Waals surface area contributed by atoms with Crippen LogP contribution in [0.2, 0.25) is 0 Å². The van der Waals surface area contributed by atoms with Crippen molar-refractivity contribution in [3.63, 3.8) is 0 Å². The Labute approximate surface area is 156 Å². The van der Waals surface area contributed by atoms with Crippen LogP contribution in [-0.4, -0.2) is 17.8 Å². The normalized spacial score (nSPS) is 19.5. The molecule has 1 aromatic rings. The first-order valence-electron chi connectivity index (χ1n) is 6.97. The van der Waals surface area contributed by atoms with Gasteiger partial charge in [0.2, 0.25) is 11.8 Å². The fraction of sp³-hybridized carbons (Fsp3) is 0.312. The van der Waals surface area contributed by atoms with Crippen LogP contribution in [0.4, 0.5) is 5.69 Å². The van der Waals surface area contributed by atoms with Crippen molar-refractivity contribution in [2.24, 2.45) is 17.6 Å². The number of amides is 2. The maximum Gasteiger partial charge on any atom is 1.00 e. The standard InChI is InChI=1S/C16H18N2O4.Na/c1-9-6-7-10(8-13(9)14(17)19)18-15(20)11-4-2-3-5-12(11)16(21)22;/h2-3,6-8,11-12H,4-5H2,1H3,(H2,17,19)(H,18,20)(H,21,22);/q;+1/p-1. The molecule has 3 N–H and O–H groups in total. The van der Waals surface area contributed by atoms with Crippen LogP contribution in [0.1, 0.15) is 28.8 Å². The summed E-state index contributed by atoms with van der Waals surface area (Å²) in [5.74, 6) is -3.75. The first kappa shape index (κ1) is 19.4. The molecule has 2 unspecified atom stereocenters. The minimum atomic E-state index is -1.23. The zero-order valence-electron chi connectivity index (χ0n) is 13.2. The molecule has 23 heavy (non-hydrogen) atoms. The molecule has 0 spiro atoms. The number of benzene rings is 1. The minimum Gasteiger partial charge on any atom is -0.550 e. The van der Waals surface area contributed by atoms with Crippen LogP contribution in [0, 0.1) is 18.8 Å². The molecule has 0 saturated carbocycles. The number of nitrogens with two attached hydrogens (primary N) is 1. The third kappa shape index (κ3) is 4.67. The maximum atomic E-state index is 12.3. The van der Waals surface area contributed by atoms with Gasteiger partial charge in [0, 0.05) is 23.1 Å². The van der Waals surface area contributed by atoms with E-state index in [0.29, 0.717) is 23.2 Å². The number of carboxylic acid groups (broad SMARTS) is 1. The van der Waals surface area contributed by atoms with Gasteiger partial charge in [-0.1, -0.05) is 18.2 Å². The first-order valence-corrected chi connectivity index (χ1v) is 6.97. The second-order valence-corrected chi connectivity index (χ2v) is 5.36. The molecule has 6 nitrogen and oxygen atoms in total. The summed E-state index contributed by atoms with van der Waals surface area (Å²) in [6.07, 6.45) is 4.15. The SMILES string of the molecule is Cc1ccc(NC(=O)C2CC=CCC2C(=O)[O-])cc1C(N)=O.[Na+]. The van der Waals surface area contributed by atoms with Crippen molar-refractivity contribution in [2.45, 2.75) is 19.8 Å². The summed E-state index contributed by atoms with van der Waals surface area (Å²) in [4.78, 5) is 34.7. The van der Waals surface area contributed by atoms with Crippen LogP contribution in [0.5, 0.6) is 0 Å². The van der Waals surface area contributed by atoms with E-state index in [0.717, 1.165) is 0 Å². The quantitative estimate of drug-likeness (QED) is 0.466. The predicted molar refractivity (Wildman–Crippen MR) is 78.7 cm³/mol. The largest absolute Gasteiger partial charge is 1.00 e. The molecule has 2 atom stereocenters. The predicted octanol–water partition coefficient (Wildman–Crippen LogP) is -2.63. The number of anilines is 1. The van der Waals surface area contributed by atoms with Gasteiger partial charge in [0.15, 0.2) is 0 Å². The number of aliphatic carboxylic acids is 1. The maximum absolute atomic E-state index is 12.3. The fourth-order valence-electron chi connectivity index (χ4n) is 2.56. The van der Waals surface area contributed by atoms with Gasteiger partial charge in [-0.15, -0.1) is 0 Å². The summed E-state index contributed by atoms with van der Waals surface area (Å²) in [6, 6.07) is 4.81. The van der Waals surface area contributed by atoms with Crippen molar-refractivity contribution in [3.05, 3.63) is 41.5 Å². The van der Waals surface area contributed by atoms with Crippen LogP contribution in [-0.2, 0) is 9.59 Å². The molecule has 0 heterocycles. The molecule has 2 amide bonds. The second kappa shape index (κ2) is 8.29. The van der Waals surface area contributed by atoms with E-state index >= 15 is 0 Å². The van der Waals surface area contributed by atoms with Crippen LogP contribution >= 0.6 is 0 Å². The summed E-state index contributed by atoms with van der Waals surface area (Å²) in [5.41, 5.74) is 6.71. The summed E-state index contributed by atoms with van der Waals surface area (Å²) < 4.78 is 0. The number of hydrogen-bond donors (Lipinski definition) is 2. The first-order chi connectivity index (χ1) is 10.4. The van der Waals surface area contributed by atoms with Crippen LogP contribution < -0.4 is 45.7 Å². The van der Waals surface area contributed by atoms with Gasteiger partial charge in [0.1, 0.15) is 0 Å². The second-order valence-electron chi connectivity index (χ2n) is 5.36. The van der Waals surface area contributed by atoms with E-state index < -0.39 is 29.6 Å². The molecule has 0 saturated heterocycles. The van der Waals surface area contributed by atoms with Crippen LogP contribution in [0.25, 0.3) is 0 Å². The van der Waals surface area contributed by atoms with E-state index in [2.05, 4.69) is 5.32 Å². The zero-order chi connectivity index (χ0) is 16.3. The molecule has 7 heteroatoms. The molecule has 2 rings (SSSR count). The number of carbonyl (C=O) groups excluding carboxylic acids is 3. The number of allylic oxidation sites excluding steroid dienone is 2. The third-order valence-corrected chi connectivity index (χ3v) is 3.84. The van der Waals surface area contributed by atoms with Gasteiger partial charge < -0.3 is 21.0 Å². The van der Waals surface area contributed by atoms with Crippen molar-refractivity contribution in [1.82, 2.24) is 0 Å². The van der Waals surface area contributed by atoms with Gasteiger partial charge in [0.25, 0.3) is 0 Å². The van der Waals surface area contributed by atoms with Crippen molar-refractivity contribution in [2.75, 3.05) is 5.32 Å². The Kier molecular flexibility index (Phi) is 7.00. The van der Waals surface area contributed by atoms with Gasteiger partial charge in [-0.05, 0) is 37.5 Å². The van der Waals surface area contributed by atoms with Crippen molar-refractivity contribution in [1.29, 1.82) is 0 Å². The summed E-state index contributed by atoms with van der Waals surface area (Å²) in [6.45, 7) is 1.74. The Morgan fingerprint density at radius 2 is 1.78 bits per heavy atom. The smallest absolute Gasteiger partial charge is 0.550 e. The van der Waals surface area contributed by atoms with E-state index in [4.69, 9.17) is 5.73 Å². The number of hydrogen-bond acceptors (Lipinski definition) is 4. The molecular weight excluding hydrogens is 307 g/mol. The molecule has 0 bridgehead atoms. The number of carbonyl (C=O) groups is 3. The summed E-state index contributed by atoms with van der Waals surface area (Å²) in [5, 5.41) is 13.8. The number of primary amides is 1. The average Bonchev–Trinajstić information content (AvgIpc) is 2.48. The van der Waals surface area contributed by atoms with Gasteiger partial charge in [0.05, 0.1) is 5.92 Å². The number of rotatable bonds is 4. The topological polar surface area (TPSA) is 112 Å². The number of aryl methyl sites for hydroxylation is 1. The molecular formula is C16H17N2NaO4. The van der Waals surface area contributed by atoms with Gasteiger partial charge in [-0.3, -0.25) is 9.59 Å². The Morgan fingerprint density at radius 3 is 2.35 bits per heavy atom. The monoisotopic (exact) mass is 324 g/mol. The van der Waals surface area contributed by atoms with Crippen molar-refractivity contribution in [3.8, 4) is 0 Å². The molecule has 1 aromatic carbocycles. The zero-order valence-corrected chi connectivity index (χ0v) is 15.2. The fourth-order valence-corrected chi connectivity index (χ4v) is 2.56. The van der Waals surface area contributed by atoms with E-state index in [1.807, 2.05) is 0 Å². The molecule has 0 aromatic heterocycles. The van der Waals surface area contributed by atoms with E-state index in [1.165, 1.54) is 6.07 Å². The number of nitrogens with one attached hydrogen (secondary N) is 1. The Morgan fingerprint density at radius 1 is 1.17 bits per heavy atom. The summed E-state index contributed by atoms with van der Waals surface area (Å²) in [7, 11) is 0. The van der Waals surface area contributed by atoms with E-state index in [9.17, 15) is 19.5 Å². The third-order valence-electron chi connectivity index (χ3n) is 3.84. The van der Waals surface area contributed by atoms with Crippen molar-refractivity contribution >= 4 is 23.5 Å². The van der Waals surface area contributed by atoms with Gasteiger partial charge in [-0.25, -0.2) is 0 Å². The van der Waals surface area contributed by atoms with E-state index in [-0.39, 0.29) is 36.0 Å². The molecule has 0 radical (unpaired) electrons. The average molecular weight is 324 g/mol. The summed E-state index contributed by atoms with van der Waals surface area (Å²) >= 11 is 0. The number of carboxylic acids is 1. The Bertz CT molecular complexity index is 657. The van der Waals surface area contributed by atoms with E-state index in [1.54, 1.807) is 31.2 Å². The molecule has 0 aliphatic heterocycles. The molecule has 1 aliphatic carbocycles. The molecule has 1 aliphatic rings. The minimum absolute atomic E-state index is 0. The van der Waals surface area contributed by atoms with Gasteiger partial charge >= 0.3 is 29.6 Å². The van der Waals surface area contributed by atoms with Crippen LogP contribution in [0.15, 0.2) is 30.4 Å². The molecule has 116 valence electrons. The van der Waals surface area contributed by atoms with Crippen LogP contribution in [0.3, 0.4) is 0 Å². The Balaban J connectivity index is 0.00000264. The Hall–Kier alpha value is -1.63. The molecule has 0 fully saturated rings.